The second-order valence-corrected chi connectivity index (χ2v) is 4.71. The van der Waals surface area contributed by atoms with Crippen molar-refractivity contribution in [2.75, 3.05) is 24.5 Å². The van der Waals surface area contributed by atoms with Crippen LogP contribution in [0.15, 0.2) is 28.7 Å². The van der Waals surface area contributed by atoms with Crippen LogP contribution >= 0.6 is 15.9 Å². The van der Waals surface area contributed by atoms with Gasteiger partial charge in [-0.15, -0.1) is 0 Å². The number of amides is 2. The highest BCUT2D eigenvalue weighted by atomic mass is 79.9. The average Bonchev–Trinajstić information content (AvgIpc) is 2.33. The van der Waals surface area contributed by atoms with Crippen LogP contribution in [-0.2, 0) is 4.79 Å². The largest absolute Gasteiger partial charge is 0.324 e. The predicted molar refractivity (Wildman–Crippen MR) is 69.1 cm³/mol. The molecule has 0 atom stereocenters. The first-order valence-corrected chi connectivity index (χ1v) is 6.28. The minimum atomic E-state index is -0.102. The van der Waals surface area contributed by atoms with E-state index in [4.69, 9.17) is 0 Å². The number of hydrogen-bond donors (Lipinski definition) is 0. The van der Waals surface area contributed by atoms with Crippen LogP contribution in [0.1, 0.15) is 6.42 Å². The summed E-state index contributed by atoms with van der Waals surface area (Å²) in [4.78, 5) is 25.9. The third-order valence-corrected chi connectivity index (χ3v) is 3.42. The van der Waals surface area contributed by atoms with Crippen molar-refractivity contribution in [2.45, 2.75) is 6.42 Å². The number of para-hydroxylation sites is 1. The average molecular weight is 297 g/mol. The van der Waals surface area contributed by atoms with E-state index < -0.39 is 0 Å². The first-order valence-electron chi connectivity index (χ1n) is 5.48. The summed E-state index contributed by atoms with van der Waals surface area (Å²) in [5.41, 5.74) is 0.855. The van der Waals surface area contributed by atoms with Crippen molar-refractivity contribution < 1.29 is 9.59 Å². The lowest BCUT2D eigenvalue weighted by molar-refractivity contribution is -0.108. The summed E-state index contributed by atoms with van der Waals surface area (Å²) < 4.78 is 0.890. The molecule has 0 radical (unpaired) electrons. The van der Waals surface area contributed by atoms with Gasteiger partial charge in [0.2, 0.25) is 0 Å². The molecule has 0 N–H and O–H groups in total. The third kappa shape index (κ3) is 2.49. The van der Waals surface area contributed by atoms with E-state index in [1.165, 1.54) is 0 Å². The topological polar surface area (TPSA) is 40.6 Å². The number of nitrogens with zero attached hydrogens (tertiary/aromatic N) is 2. The molecule has 5 heteroatoms. The van der Waals surface area contributed by atoms with Gasteiger partial charge in [-0.3, -0.25) is 4.90 Å². The number of hydrogen-bond acceptors (Lipinski definition) is 2. The van der Waals surface area contributed by atoms with Crippen LogP contribution < -0.4 is 4.90 Å². The van der Waals surface area contributed by atoms with Gasteiger partial charge in [-0.2, -0.15) is 0 Å². The lowest BCUT2D eigenvalue weighted by atomic mass is 10.2. The van der Waals surface area contributed by atoms with E-state index in [2.05, 4.69) is 15.9 Å². The molecule has 0 bridgehead atoms. The summed E-state index contributed by atoms with van der Waals surface area (Å²) in [5, 5.41) is 0. The van der Waals surface area contributed by atoms with Crippen LogP contribution in [-0.4, -0.2) is 36.9 Å². The molecule has 0 aliphatic carbocycles. The van der Waals surface area contributed by atoms with Crippen LogP contribution in [0.4, 0.5) is 10.5 Å². The fourth-order valence-corrected chi connectivity index (χ4v) is 2.43. The molecule has 1 saturated heterocycles. The van der Waals surface area contributed by atoms with Crippen molar-refractivity contribution in [2.24, 2.45) is 0 Å². The van der Waals surface area contributed by atoms with Crippen molar-refractivity contribution in [3.8, 4) is 0 Å². The van der Waals surface area contributed by atoms with Crippen molar-refractivity contribution in [3.63, 3.8) is 0 Å². The molecule has 90 valence electrons. The van der Waals surface area contributed by atoms with Gasteiger partial charge in [0, 0.05) is 17.6 Å². The molecule has 1 aromatic rings. The summed E-state index contributed by atoms with van der Waals surface area (Å²) in [6.07, 6.45) is 1.64. The van der Waals surface area contributed by atoms with E-state index >= 15 is 0 Å². The van der Waals surface area contributed by atoms with E-state index in [0.717, 1.165) is 22.9 Å². The van der Waals surface area contributed by atoms with Crippen LogP contribution in [0.2, 0.25) is 0 Å². The zero-order valence-corrected chi connectivity index (χ0v) is 10.9. The van der Waals surface area contributed by atoms with Crippen LogP contribution in [0, 0.1) is 0 Å². The Labute approximate surface area is 108 Å². The summed E-state index contributed by atoms with van der Waals surface area (Å²) in [6, 6.07) is 7.50. The normalized spacial score (nSPS) is 16.2. The van der Waals surface area contributed by atoms with Crippen molar-refractivity contribution in [1.29, 1.82) is 0 Å². The van der Waals surface area contributed by atoms with E-state index in [1.54, 1.807) is 9.80 Å². The van der Waals surface area contributed by atoms with Gasteiger partial charge in [0.1, 0.15) is 6.29 Å². The Bertz CT molecular complexity index is 436. The first-order chi connectivity index (χ1) is 8.24. The number of rotatable bonds is 3. The van der Waals surface area contributed by atoms with Crippen molar-refractivity contribution in [1.82, 2.24) is 4.90 Å². The molecule has 0 unspecified atom stereocenters. The summed E-state index contributed by atoms with van der Waals surface area (Å²) in [7, 11) is 0. The zero-order valence-electron chi connectivity index (χ0n) is 9.30. The highest BCUT2D eigenvalue weighted by Gasteiger charge is 2.27. The summed E-state index contributed by atoms with van der Waals surface area (Å²) >= 11 is 3.44. The number of carbonyl (C=O) groups excluding carboxylic acids is 2. The molecule has 1 heterocycles. The number of aldehydes is 1. The maximum atomic E-state index is 12.1. The minimum Gasteiger partial charge on any atom is -0.317 e. The number of benzene rings is 1. The Balaban J connectivity index is 2.24. The second kappa shape index (κ2) is 5.31. The SMILES string of the molecule is O=CCN1CCCN(c2ccccc2Br)C1=O. The second-order valence-electron chi connectivity index (χ2n) is 3.85. The number of halogens is 1. The Morgan fingerprint density at radius 3 is 2.76 bits per heavy atom. The lowest BCUT2D eigenvalue weighted by Crippen LogP contribution is -2.50. The van der Waals surface area contributed by atoms with Gasteiger partial charge in [0.15, 0.2) is 0 Å². The molecule has 0 spiro atoms. The predicted octanol–water partition coefficient (Wildman–Crippen LogP) is 2.28. The van der Waals surface area contributed by atoms with Gasteiger partial charge in [-0.25, -0.2) is 4.79 Å². The van der Waals surface area contributed by atoms with Crippen LogP contribution in [0.3, 0.4) is 0 Å². The molecule has 1 fully saturated rings. The fourth-order valence-electron chi connectivity index (χ4n) is 1.94. The molecular weight excluding hydrogens is 284 g/mol. The molecule has 17 heavy (non-hydrogen) atoms. The van der Waals surface area contributed by atoms with E-state index in [-0.39, 0.29) is 12.6 Å². The van der Waals surface area contributed by atoms with Gasteiger partial charge < -0.3 is 9.69 Å². The van der Waals surface area contributed by atoms with Crippen LogP contribution in [0.5, 0.6) is 0 Å². The van der Waals surface area contributed by atoms with E-state index in [9.17, 15) is 9.59 Å². The Morgan fingerprint density at radius 1 is 1.29 bits per heavy atom. The molecule has 4 nitrogen and oxygen atoms in total. The Morgan fingerprint density at radius 2 is 2.06 bits per heavy atom. The number of urea groups is 1. The Hall–Kier alpha value is -1.36. The van der Waals surface area contributed by atoms with E-state index in [0.29, 0.717) is 13.1 Å². The highest BCUT2D eigenvalue weighted by molar-refractivity contribution is 9.10. The molecule has 0 aromatic heterocycles. The lowest BCUT2D eigenvalue weighted by Gasteiger charge is -2.35. The number of carbonyl (C=O) groups is 2. The van der Waals surface area contributed by atoms with Gasteiger partial charge >= 0.3 is 6.03 Å². The van der Waals surface area contributed by atoms with Gasteiger partial charge in [0.25, 0.3) is 0 Å². The standard InChI is InChI=1S/C12H13BrN2O2/c13-10-4-1-2-5-11(10)15-7-3-6-14(8-9-16)12(15)17/h1-2,4-5,9H,3,6-8H2. The molecule has 2 rings (SSSR count). The molecule has 2 amide bonds. The summed E-state index contributed by atoms with van der Waals surface area (Å²) in [6.45, 7) is 1.51. The van der Waals surface area contributed by atoms with Crippen LogP contribution in [0.25, 0.3) is 0 Å². The molecule has 1 aromatic carbocycles. The first kappa shape index (κ1) is 12.1. The zero-order chi connectivity index (χ0) is 12.3. The minimum absolute atomic E-state index is 0.102. The fraction of sp³-hybridized carbons (Fsp3) is 0.333. The van der Waals surface area contributed by atoms with Gasteiger partial charge in [-0.05, 0) is 34.5 Å². The summed E-state index contributed by atoms with van der Waals surface area (Å²) in [5.74, 6) is 0. The smallest absolute Gasteiger partial charge is 0.317 e. The van der Waals surface area contributed by atoms with Crippen molar-refractivity contribution >= 4 is 33.9 Å². The quantitative estimate of drug-likeness (QED) is 0.803. The molecular formula is C12H13BrN2O2. The molecule has 1 aliphatic rings. The van der Waals surface area contributed by atoms with Gasteiger partial charge in [0.05, 0.1) is 12.2 Å². The maximum absolute atomic E-state index is 12.1. The van der Waals surface area contributed by atoms with Crippen molar-refractivity contribution in [3.05, 3.63) is 28.7 Å². The van der Waals surface area contributed by atoms with Gasteiger partial charge in [-0.1, -0.05) is 12.1 Å². The molecule has 1 aliphatic heterocycles. The Kier molecular flexibility index (Phi) is 3.78. The monoisotopic (exact) mass is 296 g/mol. The third-order valence-electron chi connectivity index (χ3n) is 2.75. The van der Waals surface area contributed by atoms with E-state index in [1.807, 2.05) is 24.3 Å². The highest BCUT2D eigenvalue weighted by Crippen LogP contribution is 2.28. The molecule has 0 saturated carbocycles. The number of anilines is 1. The maximum Gasteiger partial charge on any atom is 0.324 e.